The van der Waals surface area contributed by atoms with Crippen LogP contribution < -0.4 is 15.5 Å². The molecule has 3 amide bonds. The van der Waals surface area contributed by atoms with Gasteiger partial charge in [0, 0.05) is 73.0 Å². The number of aromatic amines is 1. The Hall–Kier alpha value is -6.26. The van der Waals surface area contributed by atoms with E-state index >= 15 is 0 Å². The standard InChI is InChI=1S/C49H56N10O5S/c1-27(29-10-14-31(15-11-29)42-28(2)52-26-65-42)53-46(63)40-20-34(60)24-59(40)47(64)43(49(3,4)5)55-45(62)32-16-12-30(13-17-32)33-22-50-48(51-23-33)58-19-18-38-37(25-58)36-21-39(56-57-44(36)54-38)35-8-6-7-9-41(35)61/h6-11,14-15,21-23,26-27,30,32,34,40,43,60-61H,12-13,16-20,24-25H2,1-5H3,(H,53,63)(H,54,57)(H,55,62)/t27-,30?,32?,34+,40-,43+/m0/s1. The minimum Gasteiger partial charge on any atom is -0.507 e. The second-order valence-electron chi connectivity index (χ2n) is 19.0. The van der Waals surface area contributed by atoms with Crippen LogP contribution in [0.5, 0.6) is 5.75 Å². The fourth-order valence-corrected chi connectivity index (χ4v) is 10.5. The van der Waals surface area contributed by atoms with Gasteiger partial charge in [-0.25, -0.2) is 15.0 Å². The Morgan fingerprint density at radius 2 is 1.68 bits per heavy atom. The van der Waals surface area contributed by atoms with Gasteiger partial charge in [0.2, 0.25) is 23.7 Å². The van der Waals surface area contributed by atoms with Crippen LogP contribution in [-0.2, 0) is 27.3 Å². The summed E-state index contributed by atoms with van der Waals surface area (Å²) in [5.41, 5.74) is 9.34. The van der Waals surface area contributed by atoms with E-state index in [1.165, 1.54) is 4.90 Å². The first-order valence-corrected chi connectivity index (χ1v) is 23.4. The summed E-state index contributed by atoms with van der Waals surface area (Å²) in [5.74, 6) is -0.142. The van der Waals surface area contributed by atoms with Crippen molar-refractivity contribution in [1.29, 1.82) is 0 Å². The smallest absolute Gasteiger partial charge is 0.246 e. The maximum atomic E-state index is 14.3. The maximum absolute atomic E-state index is 14.3. The molecule has 65 heavy (non-hydrogen) atoms. The number of aromatic nitrogens is 6. The Balaban J connectivity index is 0.799. The van der Waals surface area contributed by atoms with Crippen LogP contribution in [0.4, 0.5) is 5.95 Å². The van der Waals surface area contributed by atoms with E-state index in [1.54, 1.807) is 23.5 Å². The molecule has 2 fully saturated rings. The fraction of sp³-hybridized carbons (Fsp3) is 0.429. The summed E-state index contributed by atoms with van der Waals surface area (Å²) >= 11 is 1.58. The topological polar surface area (TPSA) is 202 Å². The number of nitrogens with one attached hydrogen (secondary N) is 3. The van der Waals surface area contributed by atoms with Crippen LogP contribution in [-0.4, -0.2) is 94.2 Å². The van der Waals surface area contributed by atoms with Gasteiger partial charge >= 0.3 is 0 Å². The van der Waals surface area contributed by atoms with Crippen molar-refractivity contribution in [2.75, 3.05) is 18.0 Å². The lowest BCUT2D eigenvalue weighted by Gasteiger charge is -2.37. The van der Waals surface area contributed by atoms with Crippen LogP contribution in [0.15, 0.2) is 72.5 Å². The van der Waals surface area contributed by atoms with Gasteiger partial charge in [0.15, 0.2) is 5.65 Å². The van der Waals surface area contributed by atoms with Gasteiger partial charge in [-0.1, -0.05) is 57.2 Å². The van der Waals surface area contributed by atoms with E-state index in [0.29, 0.717) is 42.2 Å². The van der Waals surface area contributed by atoms with Crippen LogP contribution in [0.1, 0.15) is 99.8 Å². The number of para-hydroxylation sites is 1. The first-order chi connectivity index (χ1) is 31.2. The number of H-pyrrole nitrogens is 1. The number of amides is 3. The number of carbonyl (C=O) groups excluding carboxylic acids is 3. The summed E-state index contributed by atoms with van der Waals surface area (Å²) in [6.07, 6.45) is 6.73. The summed E-state index contributed by atoms with van der Waals surface area (Å²) in [5, 5.41) is 37.1. The Morgan fingerprint density at radius 3 is 2.37 bits per heavy atom. The maximum Gasteiger partial charge on any atom is 0.246 e. The molecule has 3 aliphatic rings. The first kappa shape index (κ1) is 44.0. The first-order valence-electron chi connectivity index (χ1n) is 22.5. The summed E-state index contributed by atoms with van der Waals surface area (Å²) < 4.78 is 0. The van der Waals surface area contributed by atoms with Crippen LogP contribution in [0.25, 0.3) is 32.7 Å². The van der Waals surface area contributed by atoms with Crippen molar-refractivity contribution in [1.82, 2.24) is 45.7 Å². The number of fused-ring (bicyclic) bond motifs is 3. The van der Waals surface area contributed by atoms with Crippen molar-refractivity contribution in [3.8, 4) is 27.4 Å². The van der Waals surface area contributed by atoms with Crippen molar-refractivity contribution in [3.05, 3.63) is 101 Å². The molecule has 0 unspecified atom stereocenters. The Labute approximate surface area is 382 Å². The van der Waals surface area contributed by atoms with Crippen LogP contribution in [0.3, 0.4) is 0 Å². The van der Waals surface area contributed by atoms with Crippen molar-refractivity contribution >= 4 is 46.0 Å². The number of aryl methyl sites for hydroxylation is 1. The van der Waals surface area contributed by atoms with Crippen molar-refractivity contribution in [2.45, 2.75) is 110 Å². The van der Waals surface area contributed by atoms with Gasteiger partial charge < -0.3 is 35.6 Å². The quantitative estimate of drug-likeness (QED) is 0.0973. The fourth-order valence-electron chi connectivity index (χ4n) is 9.67. The summed E-state index contributed by atoms with van der Waals surface area (Å²) in [7, 11) is 0. The molecule has 16 heteroatoms. The third kappa shape index (κ3) is 9.06. The molecule has 1 saturated heterocycles. The highest BCUT2D eigenvalue weighted by molar-refractivity contribution is 7.13. The average molecular weight is 897 g/mol. The van der Waals surface area contributed by atoms with Crippen LogP contribution in [0.2, 0.25) is 0 Å². The number of aliphatic hydroxyl groups is 1. The van der Waals surface area contributed by atoms with E-state index in [4.69, 9.17) is 9.97 Å². The van der Waals surface area contributed by atoms with Crippen LogP contribution >= 0.6 is 11.3 Å². The molecule has 6 heterocycles. The molecule has 1 saturated carbocycles. The molecule has 0 bridgehead atoms. The summed E-state index contributed by atoms with van der Waals surface area (Å²) in [6, 6.07) is 15.0. The number of phenolic OH excluding ortho intramolecular Hbond substituents is 1. The molecule has 0 radical (unpaired) electrons. The molecule has 5 N–H and O–H groups in total. The van der Waals surface area contributed by atoms with Gasteiger partial charge in [-0.3, -0.25) is 14.4 Å². The average Bonchev–Trinajstić information content (AvgIpc) is 4.03. The number of aliphatic hydroxyl groups excluding tert-OH is 1. The molecule has 4 atom stereocenters. The molecule has 2 aliphatic heterocycles. The highest BCUT2D eigenvalue weighted by atomic mass is 32.1. The van der Waals surface area contributed by atoms with Gasteiger partial charge in [0.25, 0.3) is 0 Å². The highest BCUT2D eigenvalue weighted by Crippen LogP contribution is 2.38. The number of likely N-dealkylation sites (tertiary alicyclic amines) is 1. The molecular formula is C49H56N10O5S. The SMILES string of the molecule is Cc1ncsc1-c1ccc([C@H](C)NC(=O)[C@@H]2C[C@@H](O)CN2C(=O)[C@@H](NC(=O)C2CCC(c3cnc(N4CCc5[nH]c6nnc(-c7ccccc7O)cc6c5C4)nc3)CC2)C(C)(C)C)cc1. The minimum absolute atomic E-state index is 0.0152. The molecule has 4 aromatic heterocycles. The van der Waals surface area contributed by atoms with E-state index in [2.05, 4.69) is 35.7 Å². The van der Waals surface area contributed by atoms with Crippen molar-refractivity contribution < 1.29 is 24.6 Å². The third-order valence-electron chi connectivity index (χ3n) is 13.5. The predicted molar refractivity (Wildman–Crippen MR) is 249 cm³/mol. The number of hydrogen-bond acceptors (Lipinski definition) is 12. The summed E-state index contributed by atoms with van der Waals surface area (Å²) in [4.78, 5) is 64.2. The Bertz CT molecular complexity index is 2700. The molecular weight excluding hydrogens is 841 g/mol. The number of rotatable bonds is 10. The molecule has 338 valence electrons. The van der Waals surface area contributed by atoms with Gasteiger partial charge in [-0.15, -0.1) is 21.5 Å². The second kappa shape index (κ2) is 18.0. The lowest BCUT2D eigenvalue weighted by Crippen LogP contribution is -2.58. The van der Waals surface area contributed by atoms with E-state index in [-0.39, 0.29) is 54.3 Å². The minimum atomic E-state index is -0.892. The Kier molecular flexibility index (Phi) is 12.1. The predicted octanol–water partition coefficient (Wildman–Crippen LogP) is 6.76. The largest absolute Gasteiger partial charge is 0.507 e. The van der Waals surface area contributed by atoms with Gasteiger partial charge in [0.05, 0.1) is 33.9 Å². The zero-order valence-corrected chi connectivity index (χ0v) is 38.2. The highest BCUT2D eigenvalue weighted by Gasteiger charge is 2.45. The molecule has 15 nitrogen and oxygen atoms in total. The van der Waals surface area contributed by atoms with Crippen molar-refractivity contribution in [3.63, 3.8) is 0 Å². The van der Waals surface area contributed by atoms with E-state index in [9.17, 15) is 24.6 Å². The lowest BCUT2D eigenvalue weighted by atomic mass is 9.78. The number of nitrogens with zero attached hydrogens (tertiary/aromatic N) is 7. The molecule has 6 aromatic rings. The van der Waals surface area contributed by atoms with E-state index < -0.39 is 23.6 Å². The van der Waals surface area contributed by atoms with Crippen LogP contribution in [0, 0.1) is 18.3 Å². The number of β-amino-alcohol motifs (C(OH)–C–C–N with tert-alkyl or cyclic N) is 1. The molecule has 2 aromatic carbocycles. The van der Waals surface area contributed by atoms with E-state index in [1.807, 2.05) is 95.0 Å². The Morgan fingerprint density at radius 1 is 0.938 bits per heavy atom. The number of anilines is 1. The normalized spacial score (nSPS) is 20.9. The van der Waals surface area contributed by atoms with Gasteiger partial charge in [-0.2, -0.15) is 0 Å². The number of benzene rings is 2. The monoisotopic (exact) mass is 896 g/mol. The number of aromatic hydroxyl groups is 1. The third-order valence-corrected chi connectivity index (χ3v) is 14.4. The van der Waals surface area contributed by atoms with Gasteiger partial charge in [0.1, 0.15) is 17.8 Å². The zero-order valence-electron chi connectivity index (χ0n) is 37.4. The number of carbonyl (C=O) groups is 3. The lowest BCUT2D eigenvalue weighted by molar-refractivity contribution is -0.144. The second-order valence-corrected chi connectivity index (χ2v) is 19.8. The molecule has 9 rings (SSSR count). The number of thiazole rings is 1. The zero-order chi connectivity index (χ0) is 45.6. The number of hydrogen-bond donors (Lipinski definition) is 5. The van der Waals surface area contributed by atoms with Gasteiger partial charge in [-0.05, 0) is 85.8 Å². The number of phenols is 1. The van der Waals surface area contributed by atoms with E-state index in [0.717, 1.165) is 69.7 Å². The summed E-state index contributed by atoms with van der Waals surface area (Å²) in [6.45, 7) is 11.0. The molecule has 1 aliphatic carbocycles. The molecule has 0 spiro atoms. The van der Waals surface area contributed by atoms with Crippen molar-refractivity contribution in [2.24, 2.45) is 11.3 Å².